The number of carbonyl (C=O) groups excluding carboxylic acids is 2. The van der Waals surface area contributed by atoms with Gasteiger partial charge in [0.05, 0.1) is 44.7 Å². The van der Waals surface area contributed by atoms with Crippen LogP contribution in [-0.2, 0) is 47.5 Å². The van der Waals surface area contributed by atoms with Gasteiger partial charge in [0.15, 0.2) is 25.2 Å². The van der Waals surface area contributed by atoms with Crippen LogP contribution in [0.3, 0.4) is 0 Å². The van der Waals surface area contributed by atoms with E-state index in [-0.39, 0.29) is 12.8 Å². The number of ether oxygens (including phenoxy) is 8. The number of unbranched alkanes of at least 4 members (excludes halogenated alkanes) is 29. The van der Waals surface area contributed by atoms with Crippen molar-refractivity contribution in [1.29, 1.82) is 0 Å². The summed E-state index contributed by atoms with van der Waals surface area (Å²) in [6.07, 6.45) is -1.14. The van der Waals surface area contributed by atoms with Gasteiger partial charge in [-0.1, -0.05) is 213 Å². The van der Waals surface area contributed by atoms with E-state index in [4.69, 9.17) is 37.9 Å². The van der Waals surface area contributed by atoms with E-state index in [1.165, 1.54) is 135 Å². The molecule has 16 N–H and O–H groups in total. The lowest BCUT2D eigenvalue weighted by molar-refractivity contribution is -0.371. The van der Waals surface area contributed by atoms with E-state index < -0.39 is 185 Å². The lowest BCUT2D eigenvalue weighted by Gasteiger charge is -2.47. The molecule has 0 radical (unpaired) electrons. The van der Waals surface area contributed by atoms with Crippen molar-refractivity contribution in [3.63, 3.8) is 0 Å². The van der Waals surface area contributed by atoms with Crippen LogP contribution in [0.2, 0.25) is 0 Å². The maximum atomic E-state index is 13.7. The monoisotopic (exact) mass is 1340 g/mol. The third-order valence-corrected chi connectivity index (χ3v) is 18.7. The zero-order valence-electron chi connectivity index (χ0n) is 56.4. The first-order chi connectivity index (χ1) is 44.7. The molecular formula is C67H126N2O24. The van der Waals surface area contributed by atoms with Crippen LogP contribution in [0.15, 0.2) is 0 Å². The molecule has 4 aliphatic rings. The maximum Gasteiger partial charge on any atom is 0.249 e. The Balaban J connectivity index is 1.38. The Hall–Kier alpha value is -1.94. The number of hydrogen-bond acceptors (Lipinski definition) is 24. The molecule has 24 unspecified atom stereocenters. The molecule has 4 rings (SSSR count). The summed E-state index contributed by atoms with van der Waals surface area (Å²) in [5.74, 6) is -1.53. The summed E-state index contributed by atoms with van der Waals surface area (Å²) in [7, 11) is 0. The van der Waals surface area contributed by atoms with Crippen LogP contribution in [-0.4, -0.2) is 257 Å². The number of aliphatic hydroxyl groups is 14. The smallest absolute Gasteiger partial charge is 0.249 e. The standard InChI is InChI=1S/C67H126N2O24/c1-5-7-9-11-13-15-17-19-20-21-22-23-24-25-27-29-31-33-35-37-46(74)63(85)69-44(51(75)45(73)36-34-32-30-28-26-18-16-14-12-10-8-6-2)39-86-67-62(57(81)52(76)47(38-70)89-67)93-66-59(83)56(80)54(78)49(91-66)40-87-64-50(68-43(4)72)55(79)53(77)48(90-64)41-88-65-60(84)58(82)61(92-65)42(3)71/h42,44-62,64-67,70-71,73-84H,5-41H2,1-4H3,(H,68,72)(H,69,85). The third-order valence-electron chi connectivity index (χ3n) is 18.7. The van der Waals surface area contributed by atoms with Gasteiger partial charge in [-0.25, -0.2) is 0 Å². The second-order valence-electron chi connectivity index (χ2n) is 26.8. The molecular weight excluding hydrogens is 1220 g/mol. The SMILES string of the molecule is CCCCCCCCCCCCCCCCCCCCCC(O)C(=O)NC(COC1OC(CO)C(O)C(O)C1OC1OC(COC2OC(COC3OC(C(C)O)C(O)C3O)C(O)C(O)C2NC(C)=O)C(O)C(O)C1O)C(O)C(O)CCCCCCCCCCCCCC. The third kappa shape index (κ3) is 29.4. The fourth-order valence-corrected chi connectivity index (χ4v) is 12.7. The highest BCUT2D eigenvalue weighted by atomic mass is 16.8. The Bertz CT molecular complexity index is 1920. The summed E-state index contributed by atoms with van der Waals surface area (Å²) in [4.78, 5) is 26.0. The minimum atomic E-state index is -2.09. The minimum absolute atomic E-state index is 0.126. The van der Waals surface area contributed by atoms with Crippen molar-refractivity contribution < 1.29 is 119 Å². The Morgan fingerprint density at radius 3 is 1.30 bits per heavy atom. The van der Waals surface area contributed by atoms with E-state index in [1.807, 2.05) is 0 Å². The van der Waals surface area contributed by atoms with E-state index >= 15 is 0 Å². The highest BCUT2D eigenvalue weighted by Gasteiger charge is 2.53. The summed E-state index contributed by atoms with van der Waals surface area (Å²) in [5, 5.41) is 159. The van der Waals surface area contributed by atoms with E-state index in [0.29, 0.717) is 12.8 Å². The van der Waals surface area contributed by atoms with Crippen LogP contribution in [0.25, 0.3) is 0 Å². The lowest BCUT2D eigenvalue weighted by atomic mass is 9.96. The summed E-state index contributed by atoms with van der Waals surface area (Å²) < 4.78 is 46.7. The Labute approximate surface area is 552 Å². The summed E-state index contributed by atoms with van der Waals surface area (Å²) in [6.45, 7) is 3.98. The van der Waals surface area contributed by atoms with E-state index in [1.54, 1.807) is 0 Å². The van der Waals surface area contributed by atoms with Crippen molar-refractivity contribution >= 4 is 11.8 Å². The molecule has 26 nitrogen and oxygen atoms in total. The lowest BCUT2D eigenvalue weighted by Crippen LogP contribution is -2.66. The average molecular weight is 1340 g/mol. The van der Waals surface area contributed by atoms with Gasteiger partial charge in [0.2, 0.25) is 11.8 Å². The largest absolute Gasteiger partial charge is 0.394 e. The maximum absolute atomic E-state index is 13.7. The van der Waals surface area contributed by atoms with Crippen molar-refractivity contribution in [1.82, 2.24) is 10.6 Å². The van der Waals surface area contributed by atoms with Gasteiger partial charge in [-0.3, -0.25) is 9.59 Å². The van der Waals surface area contributed by atoms with Crippen molar-refractivity contribution in [2.24, 2.45) is 0 Å². The highest BCUT2D eigenvalue weighted by Crippen LogP contribution is 2.33. The number of nitrogens with one attached hydrogen (secondary N) is 2. The Morgan fingerprint density at radius 1 is 0.441 bits per heavy atom. The van der Waals surface area contributed by atoms with Crippen LogP contribution >= 0.6 is 0 Å². The number of rotatable bonds is 51. The summed E-state index contributed by atoms with van der Waals surface area (Å²) in [5.41, 5.74) is 0. The van der Waals surface area contributed by atoms with Crippen molar-refractivity contribution in [2.45, 2.75) is 387 Å². The topological polar surface area (TPSA) is 415 Å². The molecule has 4 fully saturated rings. The molecule has 0 saturated carbocycles. The van der Waals surface area contributed by atoms with Gasteiger partial charge in [-0.2, -0.15) is 0 Å². The summed E-state index contributed by atoms with van der Waals surface area (Å²) in [6, 6.07) is -2.91. The van der Waals surface area contributed by atoms with Crippen molar-refractivity contribution in [2.75, 3.05) is 26.4 Å². The molecule has 2 amide bonds. The molecule has 0 bridgehead atoms. The first-order valence-electron chi connectivity index (χ1n) is 35.8. The zero-order valence-corrected chi connectivity index (χ0v) is 56.4. The van der Waals surface area contributed by atoms with Gasteiger partial charge in [-0.05, 0) is 19.8 Å². The minimum Gasteiger partial charge on any atom is -0.394 e. The van der Waals surface area contributed by atoms with Crippen LogP contribution in [0.1, 0.15) is 240 Å². The molecule has 548 valence electrons. The summed E-state index contributed by atoms with van der Waals surface area (Å²) >= 11 is 0. The first kappa shape index (κ1) is 83.5. The van der Waals surface area contributed by atoms with Crippen LogP contribution < -0.4 is 10.6 Å². The van der Waals surface area contributed by atoms with Crippen LogP contribution in [0.4, 0.5) is 0 Å². The highest BCUT2D eigenvalue weighted by molar-refractivity contribution is 5.80. The Kier molecular flexibility index (Phi) is 42.3. The molecule has 4 saturated heterocycles. The molecule has 0 aromatic carbocycles. The molecule has 0 spiro atoms. The van der Waals surface area contributed by atoms with Gasteiger partial charge >= 0.3 is 0 Å². The predicted octanol–water partition coefficient (Wildman–Crippen LogP) is 2.93. The first-order valence-corrected chi connectivity index (χ1v) is 35.8. The predicted molar refractivity (Wildman–Crippen MR) is 341 cm³/mol. The molecule has 0 aliphatic carbocycles. The molecule has 26 heteroatoms. The van der Waals surface area contributed by atoms with E-state index in [9.17, 15) is 81.1 Å². The normalized spacial score (nSPS) is 32.5. The van der Waals surface area contributed by atoms with E-state index in [2.05, 4.69) is 24.5 Å². The fraction of sp³-hybridized carbons (Fsp3) is 0.970. The van der Waals surface area contributed by atoms with Gasteiger partial charge in [0, 0.05) is 6.92 Å². The number of amides is 2. The van der Waals surface area contributed by atoms with Gasteiger partial charge in [0.25, 0.3) is 0 Å². The van der Waals surface area contributed by atoms with Gasteiger partial charge in [-0.15, -0.1) is 0 Å². The molecule has 4 heterocycles. The van der Waals surface area contributed by atoms with Crippen LogP contribution in [0.5, 0.6) is 0 Å². The van der Waals surface area contributed by atoms with E-state index in [0.717, 1.165) is 64.7 Å². The molecule has 0 aromatic rings. The number of hydrogen-bond donors (Lipinski definition) is 16. The van der Waals surface area contributed by atoms with Crippen LogP contribution in [0, 0.1) is 0 Å². The quantitative estimate of drug-likeness (QED) is 0.0389. The Morgan fingerprint density at radius 2 is 0.849 bits per heavy atom. The second kappa shape index (κ2) is 47.2. The average Bonchev–Trinajstić information content (AvgIpc) is 1.34. The molecule has 4 aliphatic heterocycles. The molecule has 0 aromatic heterocycles. The van der Waals surface area contributed by atoms with Gasteiger partial charge in [0.1, 0.15) is 104 Å². The van der Waals surface area contributed by atoms with Gasteiger partial charge < -0.3 is 120 Å². The molecule has 93 heavy (non-hydrogen) atoms. The van der Waals surface area contributed by atoms with Crippen molar-refractivity contribution in [3.05, 3.63) is 0 Å². The fourth-order valence-electron chi connectivity index (χ4n) is 12.7. The molecule has 24 atom stereocenters. The second-order valence-corrected chi connectivity index (χ2v) is 26.8. The number of aliphatic hydroxyl groups excluding tert-OH is 14. The van der Waals surface area contributed by atoms with Crippen molar-refractivity contribution in [3.8, 4) is 0 Å². The number of carbonyl (C=O) groups is 2. The zero-order chi connectivity index (χ0) is 68.2.